The normalized spacial score (nSPS) is 26.2. The molecule has 1 aromatic rings. The second kappa shape index (κ2) is 5.06. The molecule has 0 radical (unpaired) electrons. The molecule has 3 atom stereocenters. The number of alkyl halides is 1. The van der Waals surface area contributed by atoms with Gasteiger partial charge in [0.2, 0.25) is 5.91 Å². The highest BCUT2D eigenvalue weighted by Gasteiger charge is 2.36. The number of amides is 1. The molecule has 1 aromatic heterocycles. The van der Waals surface area contributed by atoms with Crippen molar-refractivity contribution < 1.29 is 9.90 Å². The Morgan fingerprint density at radius 1 is 1.65 bits per heavy atom. The number of carbonyl (C=O) groups is 1. The van der Waals surface area contributed by atoms with E-state index in [1.165, 1.54) is 0 Å². The Labute approximate surface area is 105 Å². The van der Waals surface area contributed by atoms with Gasteiger partial charge in [0.1, 0.15) is 5.38 Å². The van der Waals surface area contributed by atoms with Gasteiger partial charge >= 0.3 is 0 Å². The maximum absolute atomic E-state index is 11.9. The molecule has 0 unspecified atom stereocenters. The van der Waals surface area contributed by atoms with Crippen molar-refractivity contribution in [1.82, 2.24) is 14.5 Å². The first-order valence-corrected chi connectivity index (χ1v) is 6.15. The van der Waals surface area contributed by atoms with Gasteiger partial charge in [-0.15, -0.1) is 11.6 Å². The second-order valence-electron chi connectivity index (χ2n) is 4.26. The van der Waals surface area contributed by atoms with Crippen LogP contribution in [0.1, 0.15) is 19.4 Å². The van der Waals surface area contributed by atoms with Gasteiger partial charge in [-0.1, -0.05) is 6.92 Å². The molecular weight excluding hydrogens is 242 g/mol. The molecule has 0 saturated carbocycles. The molecule has 0 aromatic carbocycles. The lowest BCUT2D eigenvalue weighted by atomic mass is 10.2. The van der Waals surface area contributed by atoms with Crippen molar-refractivity contribution in [3.8, 4) is 0 Å². The lowest BCUT2D eigenvalue weighted by Crippen LogP contribution is -2.35. The fraction of sp³-hybridized carbons (Fsp3) is 0.636. The zero-order chi connectivity index (χ0) is 12.4. The molecule has 17 heavy (non-hydrogen) atoms. The summed E-state index contributed by atoms with van der Waals surface area (Å²) in [6, 6.07) is -0.123. The van der Waals surface area contributed by atoms with Crippen LogP contribution in [0.25, 0.3) is 0 Å². The number of imidazole rings is 1. The Morgan fingerprint density at radius 3 is 3.00 bits per heavy atom. The smallest absolute Gasteiger partial charge is 0.240 e. The number of halogens is 1. The van der Waals surface area contributed by atoms with E-state index in [0.717, 1.165) is 0 Å². The first-order chi connectivity index (χ1) is 8.13. The van der Waals surface area contributed by atoms with Gasteiger partial charge in [0.15, 0.2) is 0 Å². The third-order valence-electron chi connectivity index (χ3n) is 3.10. The minimum atomic E-state index is -0.561. The third kappa shape index (κ3) is 2.45. The van der Waals surface area contributed by atoms with Crippen LogP contribution in [0.15, 0.2) is 18.7 Å². The van der Waals surface area contributed by atoms with Crippen molar-refractivity contribution in [3.63, 3.8) is 0 Å². The van der Waals surface area contributed by atoms with Gasteiger partial charge < -0.3 is 14.6 Å². The van der Waals surface area contributed by atoms with Crippen molar-refractivity contribution >= 4 is 17.5 Å². The topological polar surface area (TPSA) is 58.4 Å². The molecule has 2 heterocycles. The summed E-state index contributed by atoms with van der Waals surface area (Å²) in [5, 5.41) is 9.45. The van der Waals surface area contributed by atoms with E-state index in [1.807, 2.05) is 11.5 Å². The number of nitrogens with zero attached hydrogens (tertiary/aromatic N) is 3. The van der Waals surface area contributed by atoms with Gasteiger partial charge in [0, 0.05) is 25.5 Å². The molecule has 0 spiro atoms. The molecular formula is C11H16ClN3O2. The molecule has 1 aliphatic heterocycles. The predicted octanol–water partition coefficient (Wildman–Crippen LogP) is 0.645. The van der Waals surface area contributed by atoms with Crippen molar-refractivity contribution in [2.45, 2.75) is 30.9 Å². The van der Waals surface area contributed by atoms with Crippen molar-refractivity contribution in [2.75, 3.05) is 13.1 Å². The van der Waals surface area contributed by atoms with Gasteiger partial charge in [-0.3, -0.25) is 4.79 Å². The number of aliphatic hydroxyl groups excluding tert-OH is 1. The second-order valence-corrected chi connectivity index (χ2v) is 4.79. The van der Waals surface area contributed by atoms with E-state index >= 15 is 0 Å². The van der Waals surface area contributed by atoms with Crippen LogP contribution >= 0.6 is 11.6 Å². The number of carbonyl (C=O) groups excluding carboxylic acids is 1. The Morgan fingerprint density at radius 2 is 2.41 bits per heavy atom. The highest BCUT2D eigenvalue weighted by Crippen LogP contribution is 2.23. The summed E-state index contributed by atoms with van der Waals surface area (Å²) in [6.07, 6.45) is 5.14. The number of hydrogen-bond donors (Lipinski definition) is 1. The molecule has 2 rings (SSSR count). The average molecular weight is 258 g/mol. The molecule has 1 amide bonds. The van der Waals surface area contributed by atoms with E-state index in [4.69, 9.17) is 11.6 Å². The van der Waals surface area contributed by atoms with Crippen LogP contribution in [0.4, 0.5) is 0 Å². The summed E-state index contributed by atoms with van der Waals surface area (Å²) in [5.41, 5.74) is 0. The molecule has 1 fully saturated rings. The number of rotatable bonds is 3. The fourth-order valence-electron chi connectivity index (χ4n) is 2.08. The lowest BCUT2D eigenvalue weighted by Gasteiger charge is -2.18. The molecule has 6 heteroatoms. The van der Waals surface area contributed by atoms with Gasteiger partial charge in [-0.2, -0.15) is 0 Å². The van der Waals surface area contributed by atoms with E-state index < -0.39 is 11.5 Å². The minimum absolute atomic E-state index is 0.101. The number of likely N-dealkylation sites (tertiary alicyclic amines) is 1. The van der Waals surface area contributed by atoms with E-state index in [-0.39, 0.29) is 11.9 Å². The summed E-state index contributed by atoms with van der Waals surface area (Å²) in [4.78, 5) is 17.5. The maximum atomic E-state index is 11.9. The van der Waals surface area contributed by atoms with Gasteiger partial charge in [0.25, 0.3) is 0 Å². The highest BCUT2D eigenvalue weighted by molar-refractivity contribution is 6.30. The molecule has 5 nitrogen and oxygen atoms in total. The van der Waals surface area contributed by atoms with Crippen LogP contribution < -0.4 is 0 Å². The van der Waals surface area contributed by atoms with Crippen LogP contribution in [0, 0.1) is 0 Å². The van der Waals surface area contributed by atoms with Crippen molar-refractivity contribution in [2.24, 2.45) is 0 Å². The van der Waals surface area contributed by atoms with E-state index in [0.29, 0.717) is 19.5 Å². The van der Waals surface area contributed by atoms with Crippen molar-refractivity contribution in [3.05, 3.63) is 18.7 Å². The first kappa shape index (κ1) is 12.4. The van der Waals surface area contributed by atoms with Crippen molar-refractivity contribution in [1.29, 1.82) is 0 Å². The fourth-order valence-corrected chi connectivity index (χ4v) is 2.22. The first-order valence-electron chi connectivity index (χ1n) is 5.71. The number of hydrogen-bond acceptors (Lipinski definition) is 3. The standard InChI is InChI=1S/C11H16ClN3O2/c1-2-8(12)11(17)15-5-9(10(16)6-15)14-4-3-13-7-14/h3-4,7-10,16H,2,5-6H2,1H3/t8-,9-,10-/m0/s1. The minimum Gasteiger partial charge on any atom is -0.389 e. The summed E-state index contributed by atoms with van der Waals surface area (Å²) < 4.78 is 1.83. The zero-order valence-electron chi connectivity index (χ0n) is 9.66. The molecule has 1 saturated heterocycles. The number of aliphatic hydroxyl groups is 1. The molecule has 1 N–H and O–H groups in total. The molecule has 0 aliphatic carbocycles. The van der Waals surface area contributed by atoms with E-state index in [2.05, 4.69) is 4.98 Å². The van der Waals surface area contributed by atoms with Crippen LogP contribution in [-0.4, -0.2) is 50.0 Å². The van der Waals surface area contributed by atoms with Crippen LogP contribution in [0.5, 0.6) is 0 Å². The van der Waals surface area contributed by atoms with E-state index in [9.17, 15) is 9.90 Å². The quantitative estimate of drug-likeness (QED) is 0.809. The summed E-state index contributed by atoms with van der Waals surface area (Å²) in [5.74, 6) is -0.101. The average Bonchev–Trinajstić information content (AvgIpc) is 2.95. The summed E-state index contributed by atoms with van der Waals surface area (Å²) in [7, 11) is 0. The Kier molecular flexibility index (Phi) is 3.69. The zero-order valence-corrected chi connectivity index (χ0v) is 10.4. The Bertz CT molecular complexity index is 382. The molecule has 94 valence electrons. The SMILES string of the molecule is CC[C@H](Cl)C(=O)N1C[C@H](O)[C@@H](n2ccnc2)C1. The van der Waals surface area contributed by atoms with E-state index in [1.54, 1.807) is 23.6 Å². The Hall–Kier alpha value is -1.07. The lowest BCUT2D eigenvalue weighted by molar-refractivity contribution is -0.130. The summed E-state index contributed by atoms with van der Waals surface area (Å²) >= 11 is 5.92. The van der Waals surface area contributed by atoms with Gasteiger partial charge in [0.05, 0.1) is 18.5 Å². The van der Waals surface area contributed by atoms with Crippen LogP contribution in [0.2, 0.25) is 0 Å². The number of aromatic nitrogens is 2. The monoisotopic (exact) mass is 257 g/mol. The molecule has 0 bridgehead atoms. The Balaban J connectivity index is 2.05. The summed E-state index contributed by atoms with van der Waals surface area (Å²) in [6.45, 7) is 2.69. The highest BCUT2D eigenvalue weighted by atomic mass is 35.5. The molecule has 1 aliphatic rings. The van der Waals surface area contributed by atoms with Crippen LogP contribution in [-0.2, 0) is 4.79 Å². The van der Waals surface area contributed by atoms with Gasteiger partial charge in [-0.25, -0.2) is 4.98 Å². The largest absolute Gasteiger partial charge is 0.389 e. The van der Waals surface area contributed by atoms with Crippen LogP contribution in [0.3, 0.4) is 0 Å². The predicted molar refractivity (Wildman–Crippen MR) is 63.8 cm³/mol. The maximum Gasteiger partial charge on any atom is 0.240 e. The number of β-amino-alcohol motifs (C(OH)–C–C–N with tert-alkyl or cyclic N) is 1. The van der Waals surface area contributed by atoms with Gasteiger partial charge in [-0.05, 0) is 6.42 Å². The third-order valence-corrected chi connectivity index (χ3v) is 3.60.